The first-order chi connectivity index (χ1) is 11.3. The van der Waals surface area contributed by atoms with Crippen LogP contribution in [-0.4, -0.2) is 27.9 Å². The van der Waals surface area contributed by atoms with E-state index in [2.05, 4.69) is 10.3 Å². The molecule has 11 heteroatoms. The minimum atomic E-state index is -1.16. The summed E-state index contributed by atoms with van der Waals surface area (Å²) in [7, 11) is 0. The molecule has 8 nitrogen and oxygen atoms in total. The molecule has 126 valence electrons. The molecule has 2 aromatic rings. The minimum Gasteiger partial charge on any atom is -0.448 e. The summed E-state index contributed by atoms with van der Waals surface area (Å²) in [5.74, 6) is -1.43. The maximum Gasteiger partial charge on any atom is 0.349 e. The summed E-state index contributed by atoms with van der Waals surface area (Å²) in [6.07, 6.45) is 0.136. The number of nitrogens with one attached hydrogen (secondary N) is 1. The van der Waals surface area contributed by atoms with Crippen LogP contribution >= 0.6 is 34.5 Å². The van der Waals surface area contributed by atoms with E-state index in [-0.39, 0.29) is 20.7 Å². The van der Waals surface area contributed by atoms with E-state index in [1.807, 2.05) is 0 Å². The number of ether oxygens (including phenoxy) is 1. The smallest absolute Gasteiger partial charge is 0.349 e. The summed E-state index contributed by atoms with van der Waals surface area (Å²) in [4.78, 5) is 37.7. The number of rotatable bonds is 5. The van der Waals surface area contributed by atoms with Crippen molar-refractivity contribution in [2.45, 2.75) is 13.0 Å². The fourth-order valence-corrected chi connectivity index (χ4v) is 2.66. The van der Waals surface area contributed by atoms with Crippen LogP contribution in [0, 0.1) is 10.1 Å². The zero-order valence-corrected chi connectivity index (χ0v) is 14.3. The molecule has 0 saturated carbocycles. The quantitative estimate of drug-likeness (QED) is 0.475. The number of aromatic nitrogens is 1. The molecule has 0 bridgehead atoms. The van der Waals surface area contributed by atoms with Gasteiger partial charge in [-0.1, -0.05) is 34.5 Å². The second-order valence-corrected chi connectivity index (χ2v) is 6.32. The van der Waals surface area contributed by atoms with Crippen molar-refractivity contribution in [3.8, 4) is 0 Å². The van der Waals surface area contributed by atoms with Crippen molar-refractivity contribution < 1.29 is 19.2 Å². The van der Waals surface area contributed by atoms with Crippen LogP contribution in [0.15, 0.2) is 24.4 Å². The number of amides is 1. The molecular formula is C13H9Cl2N3O5S. The molecular weight excluding hydrogens is 381 g/mol. The van der Waals surface area contributed by atoms with E-state index in [9.17, 15) is 19.7 Å². The Balaban J connectivity index is 2.00. The predicted octanol–water partition coefficient (Wildman–Crippen LogP) is 3.54. The van der Waals surface area contributed by atoms with Crippen molar-refractivity contribution >= 4 is 57.2 Å². The van der Waals surface area contributed by atoms with Gasteiger partial charge in [0.15, 0.2) is 11.9 Å². The summed E-state index contributed by atoms with van der Waals surface area (Å²) in [6.45, 7) is 1.35. The topological polar surface area (TPSA) is 111 Å². The first-order valence-corrected chi connectivity index (χ1v) is 7.92. The van der Waals surface area contributed by atoms with Crippen molar-refractivity contribution in [2.24, 2.45) is 0 Å². The number of halogens is 2. The van der Waals surface area contributed by atoms with Gasteiger partial charge in [-0.3, -0.25) is 14.9 Å². The van der Waals surface area contributed by atoms with Gasteiger partial charge in [-0.25, -0.2) is 9.78 Å². The molecule has 1 atom stereocenters. The third-order valence-corrected chi connectivity index (χ3v) is 4.19. The number of carbonyl (C=O) groups excluding carboxylic acids is 2. The molecule has 0 aliphatic carbocycles. The Morgan fingerprint density at radius 1 is 1.42 bits per heavy atom. The van der Waals surface area contributed by atoms with E-state index < -0.39 is 22.9 Å². The molecule has 2 heterocycles. The van der Waals surface area contributed by atoms with Crippen LogP contribution in [0.5, 0.6) is 0 Å². The fourth-order valence-electron chi connectivity index (χ4n) is 1.53. The van der Waals surface area contributed by atoms with E-state index in [4.69, 9.17) is 27.9 Å². The van der Waals surface area contributed by atoms with Gasteiger partial charge in [-0.05, 0) is 19.1 Å². The molecule has 1 amide bonds. The van der Waals surface area contributed by atoms with Gasteiger partial charge in [-0.15, -0.1) is 0 Å². The molecule has 0 spiro atoms. The highest BCUT2D eigenvalue weighted by Gasteiger charge is 2.23. The van der Waals surface area contributed by atoms with E-state index in [1.165, 1.54) is 31.3 Å². The van der Waals surface area contributed by atoms with Crippen molar-refractivity contribution in [1.29, 1.82) is 0 Å². The van der Waals surface area contributed by atoms with Crippen molar-refractivity contribution in [2.75, 3.05) is 5.32 Å². The normalized spacial score (nSPS) is 11.6. The van der Waals surface area contributed by atoms with E-state index in [0.717, 1.165) is 0 Å². The van der Waals surface area contributed by atoms with Gasteiger partial charge in [-0.2, -0.15) is 0 Å². The van der Waals surface area contributed by atoms with Gasteiger partial charge in [0.05, 0.1) is 15.0 Å². The van der Waals surface area contributed by atoms with Gasteiger partial charge in [0, 0.05) is 12.3 Å². The third-order valence-electron chi connectivity index (χ3n) is 2.68. The van der Waals surface area contributed by atoms with E-state index in [1.54, 1.807) is 0 Å². The Hall–Kier alpha value is -2.23. The van der Waals surface area contributed by atoms with Gasteiger partial charge >= 0.3 is 11.0 Å². The van der Waals surface area contributed by atoms with Crippen molar-refractivity contribution in [3.63, 3.8) is 0 Å². The molecule has 0 fully saturated rings. The SMILES string of the molecule is C[C@H](OC(=O)c1ccc([N+](=O)[O-])s1)C(=O)Nc1ncc(Cl)cc1Cl. The zero-order valence-electron chi connectivity index (χ0n) is 12.0. The monoisotopic (exact) mass is 389 g/mol. The molecule has 0 aliphatic rings. The third kappa shape index (κ3) is 4.40. The summed E-state index contributed by atoms with van der Waals surface area (Å²) in [5, 5.41) is 13.2. The molecule has 2 aromatic heterocycles. The summed E-state index contributed by atoms with van der Waals surface area (Å²) in [5.41, 5.74) is 0. The average molecular weight is 390 g/mol. The van der Waals surface area contributed by atoms with Crippen LogP contribution in [0.3, 0.4) is 0 Å². The number of hydrogen-bond donors (Lipinski definition) is 1. The predicted molar refractivity (Wildman–Crippen MR) is 88.7 cm³/mol. The van der Waals surface area contributed by atoms with Gasteiger partial charge < -0.3 is 10.1 Å². The fraction of sp³-hybridized carbons (Fsp3) is 0.154. The lowest BCUT2D eigenvalue weighted by molar-refractivity contribution is -0.380. The number of carbonyl (C=O) groups is 2. The Kier molecular flexibility index (Phi) is 5.71. The average Bonchev–Trinajstić information content (AvgIpc) is 3.00. The van der Waals surface area contributed by atoms with Gasteiger partial charge in [0.2, 0.25) is 0 Å². The first-order valence-electron chi connectivity index (χ1n) is 6.35. The Bertz CT molecular complexity index is 811. The number of hydrogen-bond acceptors (Lipinski definition) is 7. The van der Waals surface area contributed by atoms with Crippen LogP contribution in [0.2, 0.25) is 10.0 Å². The lowest BCUT2D eigenvalue weighted by atomic mass is 10.3. The molecule has 0 radical (unpaired) electrons. The second kappa shape index (κ2) is 7.56. The molecule has 0 aliphatic heterocycles. The molecule has 0 unspecified atom stereocenters. The lowest BCUT2D eigenvalue weighted by Crippen LogP contribution is -2.30. The Morgan fingerprint density at radius 2 is 2.12 bits per heavy atom. The standard InChI is InChI=1S/C13H9Cl2N3O5S/c1-6(12(19)17-11-8(15)4-7(14)5-16-11)23-13(20)9-2-3-10(24-9)18(21)22/h2-6H,1H3,(H,16,17,19)/t6-/m0/s1. The highest BCUT2D eigenvalue weighted by atomic mass is 35.5. The van der Waals surface area contributed by atoms with Crippen molar-refractivity contribution in [3.05, 3.63) is 49.4 Å². The largest absolute Gasteiger partial charge is 0.448 e. The first kappa shape index (κ1) is 18.1. The van der Waals surface area contributed by atoms with Crippen LogP contribution in [0.25, 0.3) is 0 Å². The second-order valence-electron chi connectivity index (χ2n) is 4.42. The summed E-state index contributed by atoms with van der Waals surface area (Å²) < 4.78 is 4.97. The maximum atomic E-state index is 12.0. The van der Waals surface area contributed by atoms with Crippen LogP contribution in [-0.2, 0) is 9.53 Å². The van der Waals surface area contributed by atoms with E-state index >= 15 is 0 Å². The highest BCUT2D eigenvalue weighted by molar-refractivity contribution is 7.17. The number of thiophene rings is 1. The summed E-state index contributed by atoms with van der Waals surface area (Å²) >= 11 is 12.2. The molecule has 1 N–H and O–H groups in total. The van der Waals surface area contributed by atoms with Crippen LogP contribution in [0.4, 0.5) is 10.8 Å². The number of anilines is 1. The van der Waals surface area contributed by atoms with Crippen LogP contribution in [0.1, 0.15) is 16.6 Å². The molecule has 2 rings (SSSR count). The Morgan fingerprint density at radius 3 is 2.71 bits per heavy atom. The number of nitro groups is 1. The lowest BCUT2D eigenvalue weighted by Gasteiger charge is -2.13. The van der Waals surface area contributed by atoms with Crippen LogP contribution < -0.4 is 5.32 Å². The number of nitrogens with zero attached hydrogens (tertiary/aromatic N) is 2. The molecule has 0 aromatic carbocycles. The minimum absolute atomic E-state index is 0.0176. The van der Waals surface area contributed by atoms with E-state index in [0.29, 0.717) is 16.4 Å². The van der Waals surface area contributed by atoms with Gasteiger partial charge in [0.1, 0.15) is 4.88 Å². The van der Waals surface area contributed by atoms with Crippen molar-refractivity contribution in [1.82, 2.24) is 4.98 Å². The zero-order chi connectivity index (χ0) is 17.9. The molecule has 0 saturated heterocycles. The number of esters is 1. The maximum absolute atomic E-state index is 12.0. The van der Waals surface area contributed by atoms with Gasteiger partial charge in [0.25, 0.3) is 5.91 Å². The Labute approximate surface area is 149 Å². The number of pyridine rings is 1. The highest BCUT2D eigenvalue weighted by Crippen LogP contribution is 2.25. The summed E-state index contributed by atoms with van der Waals surface area (Å²) in [6, 6.07) is 3.84. The molecule has 24 heavy (non-hydrogen) atoms.